The number of nitrogens with one attached hydrogen (secondary N) is 1. The minimum atomic E-state index is -0.789. The number of nitrogen functional groups attached to an aromatic ring is 1. The van der Waals surface area contributed by atoms with Gasteiger partial charge in [0.2, 0.25) is 0 Å². The van der Waals surface area contributed by atoms with E-state index < -0.39 is 23.7 Å². The van der Waals surface area contributed by atoms with E-state index in [1.165, 1.54) is 24.4 Å². The number of benzene rings is 2. The van der Waals surface area contributed by atoms with Gasteiger partial charge in [-0.2, -0.15) is 0 Å². The monoisotopic (exact) mass is 553 g/mol. The van der Waals surface area contributed by atoms with Crippen LogP contribution < -0.4 is 16.9 Å². The van der Waals surface area contributed by atoms with Crippen molar-refractivity contribution in [3.8, 4) is 11.3 Å². The fourth-order valence-corrected chi connectivity index (χ4v) is 4.94. The molecule has 4 aromatic rings. The second kappa shape index (κ2) is 11.4. The Bertz CT molecular complexity index is 1630. The van der Waals surface area contributed by atoms with Gasteiger partial charge in [-0.05, 0) is 43.0 Å². The lowest BCUT2D eigenvalue weighted by atomic mass is 9.98. The Morgan fingerprint density at radius 2 is 1.73 bits per heavy atom. The van der Waals surface area contributed by atoms with Crippen LogP contribution in [0.2, 0.25) is 0 Å². The standard InChI is InChI=1S/C30H28FN7O3/c1-18(19-7-3-2-4-8-19)30(41)37-16-6-5-9-23(37)28-36-25(26(27(32)39)38(28)33)20-10-12-21(13-11-20)29(40)35-24-17-22(31)14-15-34-24/h2-4,7-8,10-15,17,23H,1,5-6,9,16,33H2,(H2,32,39)(H,34,35,40). The molecule has 0 aliphatic carbocycles. The molecule has 208 valence electrons. The number of anilines is 1. The zero-order valence-electron chi connectivity index (χ0n) is 22.1. The summed E-state index contributed by atoms with van der Waals surface area (Å²) in [6.07, 6.45) is 3.48. The van der Waals surface area contributed by atoms with Crippen LogP contribution >= 0.6 is 0 Å². The normalized spacial score (nSPS) is 14.9. The molecule has 3 heterocycles. The van der Waals surface area contributed by atoms with Crippen LogP contribution in [0.25, 0.3) is 16.8 Å². The molecule has 0 saturated carbocycles. The molecule has 1 atom stereocenters. The van der Waals surface area contributed by atoms with E-state index in [4.69, 9.17) is 16.6 Å². The van der Waals surface area contributed by atoms with Gasteiger partial charge in [0.1, 0.15) is 17.3 Å². The Kier molecular flexibility index (Phi) is 7.59. The molecule has 0 bridgehead atoms. The summed E-state index contributed by atoms with van der Waals surface area (Å²) >= 11 is 0. The van der Waals surface area contributed by atoms with Gasteiger partial charge in [0, 0.05) is 35.5 Å². The summed E-state index contributed by atoms with van der Waals surface area (Å²) in [4.78, 5) is 49.0. The summed E-state index contributed by atoms with van der Waals surface area (Å²) in [6, 6.07) is 17.2. The van der Waals surface area contributed by atoms with Crippen molar-refractivity contribution >= 4 is 29.1 Å². The van der Waals surface area contributed by atoms with Crippen LogP contribution in [-0.4, -0.2) is 43.8 Å². The number of carbonyl (C=O) groups is 3. The first-order valence-corrected chi connectivity index (χ1v) is 13.0. The number of primary amides is 1. The third-order valence-electron chi connectivity index (χ3n) is 7.00. The summed E-state index contributed by atoms with van der Waals surface area (Å²) in [5.74, 6) is 4.73. The second-order valence-corrected chi connectivity index (χ2v) is 9.65. The Morgan fingerprint density at radius 3 is 2.41 bits per heavy atom. The molecule has 0 radical (unpaired) electrons. The summed E-state index contributed by atoms with van der Waals surface area (Å²) < 4.78 is 14.6. The van der Waals surface area contributed by atoms with Gasteiger partial charge in [-0.15, -0.1) is 0 Å². The smallest absolute Gasteiger partial charge is 0.269 e. The Labute approximate surface area is 235 Å². The highest BCUT2D eigenvalue weighted by Gasteiger charge is 2.35. The average Bonchev–Trinajstić information content (AvgIpc) is 3.34. The van der Waals surface area contributed by atoms with Gasteiger partial charge in [-0.1, -0.05) is 49.0 Å². The second-order valence-electron chi connectivity index (χ2n) is 9.65. The highest BCUT2D eigenvalue weighted by molar-refractivity contribution is 6.18. The predicted molar refractivity (Wildman–Crippen MR) is 152 cm³/mol. The van der Waals surface area contributed by atoms with E-state index in [0.29, 0.717) is 35.5 Å². The van der Waals surface area contributed by atoms with Gasteiger partial charge in [-0.3, -0.25) is 14.4 Å². The molecular weight excluding hydrogens is 525 g/mol. The quantitative estimate of drug-likeness (QED) is 0.233. The number of amides is 3. The molecule has 41 heavy (non-hydrogen) atoms. The molecule has 5 N–H and O–H groups in total. The van der Waals surface area contributed by atoms with Gasteiger partial charge in [0.05, 0.1) is 6.04 Å². The topological polar surface area (TPSA) is 149 Å². The molecule has 1 saturated heterocycles. The van der Waals surface area contributed by atoms with E-state index in [1.54, 1.807) is 17.0 Å². The molecule has 2 aromatic carbocycles. The maximum Gasteiger partial charge on any atom is 0.269 e. The van der Waals surface area contributed by atoms with Crippen molar-refractivity contribution in [1.82, 2.24) is 19.5 Å². The summed E-state index contributed by atoms with van der Waals surface area (Å²) in [5.41, 5.74) is 7.75. The number of carbonyl (C=O) groups excluding carboxylic acids is 3. The fourth-order valence-electron chi connectivity index (χ4n) is 4.94. The number of imidazole rings is 1. The summed E-state index contributed by atoms with van der Waals surface area (Å²) in [7, 11) is 0. The number of rotatable bonds is 7. The Morgan fingerprint density at radius 1 is 1.00 bits per heavy atom. The molecule has 1 aliphatic rings. The number of hydrogen-bond donors (Lipinski definition) is 3. The maximum atomic E-state index is 13.5. The van der Waals surface area contributed by atoms with E-state index in [2.05, 4.69) is 16.9 Å². The van der Waals surface area contributed by atoms with E-state index >= 15 is 0 Å². The van der Waals surface area contributed by atoms with Crippen molar-refractivity contribution in [3.05, 3.63) is 108 Å². The third kappa shape index (κ3) is 5.55. The lowest BCUT2D eigenvalue weighted by Crippen LogP contribution is -2.41. The van der Waals surface area contributed by atoms with E-state index in [0.717, 1.165) is 23.6 Å². The van der Waals surface area contributed by atoms with Crippen molar-refractivity contribution < 1.29 is 18.8 Å². The molecule has 5 rings (SSSR count). The Hall–Kier alpha value is -5.32. The number of aromatic nitrogens is 3. The van der Waals surface area contributed by atoms with Crippen molar-refractivity contribution in [1.29, 1.82) is 0 Å². The van der Waals surface area contributed by atoms with Crippen molar-refractivity contribution in [2.75, 3.05) is 17.7 Å². The van der Waals surface area contributed by atoms with Crippen LogP contribution in [0.4, 0.5) is 10.2 Å². The van der Waals surface area contributed by atoms with Crippen molar-refractivity contribution in [2.45, 2.75) is 25.3 Å². The molecular formula is C30H28FN7O3. The number of pyridine rings is 1. The third-order valence-corrected chi connectivity index (χ3v) is 7.00. The highest BCUT2D eigenvalue weighted by Crippen LogP contribution is 2.35. The van der Waals surface area contributed by atoms with Crippen LogP contribution in [0.15, 0.2) is 79.5 Å². The Balaban J connectivity index is 1.44. The number of piperidine rings is 1. The lowest BCUT2D eigenvalue weighted by Gasteiger charge is -2.35. The van der Waals surface area contributed by atoms with E-state index in [-0.39, 0.29) is 28.7 Å². The average molecular weight is 554 g/mol. The first-order valence-electron chi connectivity index (χ1n) is 13.0. The molecule has 3 amide bonds. The van der Waals surface area contributed by atoms with Crippen LogP contribution in [0, 0.1) is 5.82 Å². The number of hydrogen-bond acceptors (Lipinski definition) is 6. The first-order chi connectivity index (χ1) is 19.7. The van der Waals surface area contributed by atoms with Gasteiger partial charge in [0.25, 0.3) is 17.7 Å². The summed E-state index contributed by atoms with van der Waals surface area (Å²) in [5, 5.41) is 2.53. The van der Waals surface area contributed by atoms with Crippen LogP contribution in [0.5, 0.6) is 0 Å². The highest BCUT2D eigenvalue weighted by atomic mass is 19.1. The number of nitrogens with two attached hydrogens (primary N) is 2. The minimum Gasteiger partial charge on any atom is -0.364 e. The number of likely N-dealkylation sites (tertiary alicyclic amines) is 1. The minimum absolute atomic E-state index is 0.0268. The SMILES string of the molecule is C=C(C(=O)N1CCCCC1c1nc(-c2ccc(C(=O)Nc3cc(F)ccn3)cc2)c(C(N)=O)n1N)c1ccccc1. The molecule has 2 aromatic heterocycles. The molecule has 10 nitrogen and oxygen atoms in total. The van der Waals surface area contributed by atoms with Gasteiger partial charge in [-0.25, -0.2) is 19.0 Å². The van der Waals surface area contributed by atoms with Crippen LogP contribution in [0.3, 0.4) is 0 Å². The van der Waals surface area contributed by atoms with Gasteiger partial charge in [0.15, 0.2) is 11.5 Å². The van der Waals surface area contributed by atoms with Crippen LogP contribution in [0.1, 0.15) is 57.5 Å². The number of nitrogens with zero attached hydrogens (tertiary/aromatic N) is 4. The first kappa shape index (κ1) is 27.3. The van der Waals surface area contributed by atoms with E-state index in [1.807, 2.05) is 30.3 Å². The van der Waals surface area contributed by atoms with Gasteiger partial charge < -0.3 is 21.8 Å². The predicted octanol–water partition coefficient (Wildman–Crippen LogP) is 3.92. The molecule has 1 unspecified atom stereocenters. The molecule has 1 fully saturated rings. The lowest BCUT2D eigenvalue weighted by molar-refractivity contribution is -0.128. The largest absolute Gasteiger partial charge is 0.364 e. The number of halogens is 1. The van der Waals surface area contributed by atoms with E-state index in [9.17, 15) is 18.8 Å². The zero-order chi connectivity index (χ0) is 29.1. The molecule has 11 heteroatoms. The summed E-state index contributed by atoms with van der Waals surface area (Å²) in [6.45, 7) is 4.50. The molecule has 1 aliphatic heterocycles. The van der Waals surface area contributed by atoms with Gasteiger partial charge >= 0.3 is 0 Å². The molecule has 0 spiro atoms. The zero-order valence-corrected chi connectivity index (χ0v) is 22.1. The maximum absolute atomic E-state index is 13.5. The van der Waals surface area contributed by atoms with Crippen LogP contribution in [-0.2, 0) is 4.79 Å². The fraction of sp³-hybridized carbons (Fsp3) is 0.167. The van der Waals surface area contributed by atoms with Crippen molar-refractivity contribution in [2.24, 2.45) is 5.73 Å². The van der Waals surface area contributed by atoms with Crippen molar-refractivity contribution in [3.63, 3.8) is 0 Å².